The standard InChI is InChI=1S/C28H32N2O3S/c31-26(22-7-3-1-4-8-22)18-29(17-21-11-12-21)19-28(32)30-15-13-27-24(14-16-34-27)25(30)20-33-23-9-5-2-6-10-23/h1-10,14,16,21,25-26,31H,11-13,15,17-20H2/t25-,26+/m0/s1. The molecule has 5 rings (SSSR count). The molecule has 1 saturated carbocycles. The number of thiophene rings is 1. The van der Waals surface area contributed by atoms with Gasteiger partial charge in [0.05, 0.1) is 18.7 Å². The van der Waals surface area contributed by atoms with E-state index in [1.165, 1.54) is 23.3 Å². The number of aliphatic hydroxyl groups is 1. The average molecular weight is 477 g/mol. The minimum absolute atomic E-state index is 0.0930. The van der Waals surface area contributed by atoms with Gasteiger partial charge in [-0.1, -0.05) is 48.5 Å². The Labute approximate surface area is 205 Å². The summed E-state index contributed by atoms with van der Waals surface area (Å²) >= 11 is 1.76. The largest absolute Gasteiger partial charge is 0.491 e. The second-order valence-corrected chi connectivity index (χ2v) is 10.3. The van der Waals surface area contributed by atoms with Gasteiger partial charge in [-0.3, -0.25) is 9.69 Å². The minimum Gasteiger partial charge on any atom is -0.491 e. The lowest BCUT2D eigenvalue weighted by Crippen LogP contribution is -2.47. The second-order valence-electron chi connectivity index (χ2n) is 9.34. The van der Waals surface area contributed by atoms with E-state index in [9.17, 15) is 9.90 Å². The molecule has 2 aromatic carbocycles. The molecule has 2 heterocycles. The first-order valence-corrected chi connectivity index (χ1v) is 13.0. The number of nitrogens with zero attached hydrogens (tertiary/aromatic N) is 2. The summed E-state index contributed by atoms with van der Waals surface area (Å²) < 4.78 is 6.11. The molecule has 2 atom stereocenters. The molecule has 5 nitrogen and oxygen atoms in total. The third-order valence-corrected chi connectivity index (χ3v) is 7.75. The van der Waals surface area contributed by atoms with Crippen LogP contribution >= 0.6 is 11.3 Å². The fraction of sp³-hybridized carbons (Fsp3) is 0.393. The number of aliphatic hydroxyl groups excluding tert-OH is 1. The maximum absolute atomic E-state index is 13.6. The molecular weight excluding hydrogens is 444 g/mol. The van der Waals surface area contributed by atoms with E-state index in [1.54, 1.807) is 11.3 Å². The zero-order chi connectivity index (χ0) is 23.3. The molecule has 1 N–H and O–H groups in total. The Morgan fingerprint density at radius 1 is 1.09 bits per heavy atom. The van der Waals surface area contributed by atoms with Crippen molar-refractivity contribution >= 4 is 17.2 Å². The van der Waals surface area contributed by atoms with Gasteiger partial charge in [-0.25, -0.2) is 0 Å². The molecule has 1 fully saturated rings. The van der Waals surface area contributed by atoms with Crippen LogP contribution in [-0.4, -0.2) is 53.6 Å². The molecule has 1 aliphatic heterocycles. The fourth-order valence-corrected chi connectivity index (χ4v) is 5.67. The second kappa shape index (κ2) is 10.7. The van der Waals surface area contributed by atoms with E-state index in [0.717, 1.165) is 24.3 Å². The van der Waals surface area contributed by atoms with Crippen LogP contribution in [0.5, 0.6) is 5.75 Å². The molecule has 2 aliphatic rings. The predicted octanol–water partition coefficient (Wildman–Crippen LogP) is 4.70. The van der Waals surface area contributed by atoms with Crippen LogP contribution in [0.15, 0.2) is 72.1 Å². The number of carbonyl (C=O) groups is 1. The van der Waals surface area contributed by atoms with Crippen molar-refractivity contribution in [3.05, 3.63) is 88.1 Å². The van der Waals surface area contributed by atoms with Gasteiger partial charge in [-0.15, -0.1) is 11.3 Å². The Balaban J connectivity index is 1.29. The molecule has 0 spiro atoms. The molecule has 1 amide bonds. The molecule has 178 valence electrons. The van der Waals surface area contributed by atoms with Gasteiger partial charge in [0.1, 0.15) is 12.4 Å². The van der Waals surface area contributed by atoms with E-state index in [-0.39, 0.29) is 11.9 Å². The third kappa shape index (κ3) is 5.69. The van der Waals surface area contributed by atoms with E-state index in [1.807, 2.05) is 65.6 Å². The van der Waals surface area contributed by atoms with Crippen molar-refractivity contribution in [3.8, 4) is 5.75 Å². The molecule has 0 bridgehead atoms. The lowest BCUT2D eigenvalue weighted by molar-refractivity contribution is -0.136. The number of hydrogen-bond donors (Lipinski definition) is 1. The van der Waals surface area contributed by atoms with Crippen LogP contribution in [0.2, 0.25) is 0 Å². The number of amides is 1. The first kappa shape index (κ1) is 23.1. The molecule has 0 unspecified atom stereocenters. The number of carbonyl (C=O) groups excluding carboxylic acids is 1. The van der Waals surface area contributed by atoms with Gasteiger partial charge in [-0.2, -0.15) is 0 Å². The summed E-state index contributed by atoms with van der Waals surface area (Å²) in [6.45, 7) is 2.79. The zero-order valence-corrected chi connectivity index (χ0v) is 20.2. The Bertz CT molecular complexity index is 1070. The van der Waals surface area contributed by atoms with E-state index < -0.39 is 6.10 Å². The molecule has 6 heteroatoms. The van der Waals surface area contributed by atoms with Gasteiger partial charge < -0.3 is 14.7 Å². The van der Waals surface area contributed by atoms with Crippen LogP contribution in [0.4, 0.5) is 0 Å². The normalized spacial score (nSPS) is 18.5. The summed E-state index contributed by atoms with van der Waals surface area (Å²) in [5.74, 6) is 1.57. The molecular formula is C28H32N2O3S. The van der Waals surface area contributed by atoms with Gasteiger partial charge in [0.15, 0.2) is 0 Å². The molecule has 0 radical (unpaired) electrons. The van der Waals surface area contributed by atoms with E-state index >= 15 is 0 Å². The number of rotatable bonds is 10. The van der Waals surface area contributed by atoms with Gasteiger partial charge in [0.25, 0.3) is 0 Å². The molecule has 34 heavy (non-hydrogen) atoms. The van der Waals surface area contributed by atoms with Crippen LogP contribution in [-0.2, 0) is 11.2 Å². The summed E-state index contributed by atoms with van der Waals surface area (Å²) in [5.41, 5.74) is 2.10. The van der Waals surface area contributed by atoms with Crippen molar-refractivity contribution in [2.24, 2.45) is 5.92 Å². The smallest absolute Gasteiger partial charge is 0.237 e. The van der Waals surface area contributed by atoms with Gasteiger partial charge >= 0.3 is 0 Å². The first-order valence-electron chi connectivity index (χ1n) is 12.2. The average Bonchev–Trinajstić information content (AvgIpc) is 3.55. The predicted molar refractivity (Wildman–Crippen MR) is 135 cm³/mol. The summed E-state index contributed by atoms with van der Waals surface area (Å²) in [7, 11) is 0. The SMILES string of the molecule is O=C(CN(CC1CC1)C[C@@H](O)c1ccccc1)N1CCc2sccc2[C@@H]1COc1ccccc1. The number of hydrogen-bond acceptors (Lipinski definition) is 5. The molecule has 1 aromatic heterocycles. The summed E-state index contributed by atoms with van der Waals surface area (Å²) in [5, 5.41) is 12.9. The van der Waals surface area contributed by atoms with Gasteiger partial charge in [0.2, 0.25) is 5.91 Å². The number of fused-ring (bicyclic) bond motifs is 1. The van der Waals surface area contributed by atoms with Crippen LogP contribution in [0.3, 0.4) is 0 Å². The lowest BCUT2D eigenvalue weighted by atomic mass is 10.00. The van der Waals surface area contributed by atoms with Crippen LogP contribution in [0, 0.1) is 5.92 Å². The molecule has 3 aromatic rings. The topological polar surface area (TPSA) is 53.0 Å². The third-order valence-electron chi connectivity index (χ3n) is 6.75. The number of para-hydroxylation sites is 1. The maximum atomic E-state index is 13.6. The van der Waals surface area contributed by atoms with Crippen molar-refractivity contribution in [1.82, 2.24) is 9.80 Å². The number of benzene rings is 2. The Hall–Kier alpha value is -2.67. The van der Waals surface area contributed by atoms with E-state index in [0.29, 0.717) is 32.2 Å². The van der Waals surface area contributed by atoms with Crippen molar-refractivity contribution < 1.29 is 14.6 Å². The highest BCUT2D eigenvalue weighted by Crippen LogP contribution is 2.35. The Morgan fingerprint density at radius 2 is 1.82 bits per heavy atom. The monoisotopic (exact) mass is 476 g/mol. The fourth-order valence-electron chi connectivity index (χ4n) is 4.74. The highest BCUT2D eigenvalue weighted by atomic mass is 32.1. The van der Waals surface area contributed by atoms with Crippen molar-refractivity contribution in [3.63, 3.8) is 0 Å². The summed E-state index contributed by atoms with van der Waals surface area (Å²) in [6, 6.07) is 21.6. The van der Waals surface area contributed by atoms with Crippen molar-refractivity contribution in [2.45, 2.75) is 31.4 Å². The van der Waals surface area contributed by atoms with E-state index in [2.05, 4.69) is 16.3 Å². The van der Waals surface area contributed by atoms with Gasteiger partial charge in [0, 0.05) is 24.5 Å². The highest BCUT2D eigenvalue weighted by molar-refractivity contribution is 7.10. The van der Waals surface area contributed by atoms with Gasteiger partial charge in [-0.05, 0) is 59.9 Å². The van der Waals surface area contributed by atoms with Crippen LogP contribution in [0.25, 0.3) is 0 Å². The maximum Gasteiger partial charge on any atom is 0.237 e. The number of ether oxygens (including phenoxy) is 1. The van der Waals surface area contributed by atoms with Crippen LogP contribution < -0.4 is 4.74 Å². The van der Waals surface area contributed by atoms with Crippen molar-refractivity contribution in [1.29, 1.82) is 0 Å². The molecule has 1 aliphatic carbocycles. The van der Waals surface area contributed by atoms with Crippen LogP contribution in [0.1, 0.15) is 41.0 Å². The van der Waals surface area contributed by atoms with E-state index in [4.69, 9.17) is 4.74 Å². The summed E-state index contributed by atoms with van der Waals surface area (Å²) in [6.07, 6.45) is 2.70. The Kier molecular flexibility index (Phi) is 7.28. The zero-order valence-electron chi connectivity index (χ0n) is 19.4. The first-order chi connectivity index (χ1) is 16.7. The lowest BCUT2D eigenvalue weighted by Gasteiger charge is -2.37. The highest BCUT2D eigenvalue weighted by Gasteiger charge is 2.34. The quantitative estimate of drug-likeness (QED) is 0.461. The minimum atomic E-state index is -0.602. The Morgan fingerprint density at radius 3 is 2.56 bits per heavy atom. The summed E-state index contributed by atoms with van der Waals surface area (Å²) in [4.78, 5) is 19.1. The molecule has 0 saturated heterocycles. The van der Waals surface area contributed by atoms with Crippen molar-refractivity contribution in [2.75, 3.05) is 32.8 Å².